The Labute approximate surface area is 80.7 Å². The summed E-state index contributed by atoms with van der Waals surface area (Å²) in [6.07, 6.45) is 1.86. The average molecular weight is 184 g/mol. The Balaban J connectivity index is 2.45. The van der Waals surface area contributed by atoms with Crippen LogP contribution >= 0.6 is 0 Å². The lowest BCUT2D eigenvalue weighted by atomic mass is 9.85. The van der Waals surface area contributed by atoms with Crippen molar-refractivity contribution in [1.29, 1.82) is 0 Å². The van der Waals surface area contributed by atoms with Crippen LogP contribution in [0.1, 0.15) is 40.5 Å². The van der Waals surface area contributed by atoms with Crippen LogP contribution in [0.3, 0.4) is 0 Å². The molecule has 0 aliphatic carbocycles. The maximum absolute atomic E-state index is 11.7. The van der Waals surface area contributed by atoms with Crippen molar-refractivity contribution in [2.45, 2.75) is 46.6 Å². The van der Waals surface area contributed by atoms with Gasteiger partial charge in [0.15, 0.2) is 0 Å². The molecule has 0 spiro atoms. The third-order valence-corrected chi connectivity index (χ3v) is 2.76. The number of Topliss-reactive ketones (excluding diaryl/α,β-unsaturated/α-hetero) is 1. The smallest absolute Gasteiger partial charge is 0.140 e. The zero-order valence-electron chi connectivity index (χ0n) is 9.09. The Morgan fingerprint density at radius 3 is 2.46 bits per heavy atom. The Hall–Kier alpha value is -0.370. The molecule has 0 aromatic heterocycles. The second kappa shape index (κ2) is 3.79. The number of rotatable bonds is 2. The molecule has 0 N–H and O–H groups in total. The van der Waals surface area contributed by atoms with Crippen LogP contribution in [0.2, 0.25) is 0 Å². The molecule has 1 aliphatic heterocycles. The monoisotopic (exact) mass is 184 g/mol. The molecule has 0 radical (unpaired) electrons. The fourth-order valence-corrected chi connectivity index (χ4v) is 1.50. The predicted molar refractivity (Wildman–Crippen MR) is 52.6 cm³/mol. The lowest BCUT2D eigenvalue weighted by molar-refractivity contribution is -0.128. The number of ether oxygens (including phenoxy) is 1. The van der Waals surface area contributed by atoms with Crippen LogP contribution in [0.4, 0.5) is 0 Å². The van der Waals surface area contributed by atoms with Gasteiger partial charge in [-0.25, -0.2) is 0 Å². The van der Waals surface area contributed by atoms with Crippen LogP contribution in [-0.2, 0) is 9.53 Å². The van der Waals surface area contributed by atoms with Crippen molar-refractivity contribution in [1.82, 2.24) is 0 Å². The van der Waals surface area contributed by atoms with Gasteiger partial charge in [0.2, 0.25) is 0 Å². The minimum absolute atomic E-state index is 0.173. The van der Waals surface area contributed by atoms with Crippen molar-refractivity contribution in [3.05, 3.63) is 0 Å². The van der Waals surface area contributed by atoms with Crippen LogP contribution < -0.4 is 0 Å². The molecule has 0 unspecified atom stereocenters. The molecule has 0 amide bonds. The summed E-state index contributed by atoms with van der Waals surface area (Å²) in [7, 11) is 0. The molecule has 0 bridgehead atoms. The van der Waals surface area contributed by atoms with Crippen LogP contribution in [-0.4, -0.2) is 18.5 Å². The molecule has 1 aliphatic rings. The van der Waals surface area contributed by atoms with Crippen LogP contribution in [0, 0.1) is 11.3 Å². The summed E-state index contributed by atoms with van der Waals surface area (Å²) in [4.78, 5) is 11.7. The fourth-order valence-electron chi connectivity index (χ4n) is 1.50. The topological polar surface area (TPSA) is 26.3 Å². The summed E-state index contributed by atoms with van der Waals surface area (Å²) >= 11 is 0. The molecular formula is C11H20O2. The van der Waals surface area contributed by atoms with E-state index >= 15 is 0 Å². The maximum Gasteiger partial charge on any atom is 0.140 e. The Morgan fingerprint density at radius 2 is 2.08 bits per heavy atom. The van der Waals surface area contributed by atoms with E-state index in [-0.39, 0.29) is 11.5 Å². The second-order valence-electron chi connectivity index (χ2n) is 5.05. The van der Waals surface area contributed by atoms with Crippen molar-refractivity contribution < 1.29 is 9.53 Å². The van der Waals surface area contributed by atoms with Gasteiger partial charge >= 0.3 is 0 Å². The first-order valence-electron chi connectivity index (χ1n) is 5.06. The van der Waals surface area contributed by atoms with Gasteiger partial charge in [-0.05, 0) is 12.3 Å². The van der Waals surface area contributed by atoms with E-state index in [2.05, 4.69) is 6.92 Å². The summed E-state index contributed by atoms with van der Waals surface area (Å²) in [6, 6.07) is 0. The molecule has 1 saturated heterocycles. The van der Waals surface area contributed by atoms with Gasteiger partial charge in [0, 0.05) is 18.4 Å². The zero-order chi connectivity index (χ0) is 10.1. The highest BCUT2D eigenvalue weighted by Crippen LogP contribution is 2.26. The Morgan fingerprint density at radius 1 is 1.46 bits per heavy atom. The molecule has 2 heteroatoms. The van der Waals surface area contributed by atoms with Crippen LogP contribution in [0.25, 0.3) is 0 Å². The standard InChI is InChI=1S/C11H20O2/c1-8-5-6-13-9(8)7-10(12)11(2,3)4/h8-9H,5-7H2,1-4H3/t8-,9+/m1/s1. The van der Waals surface area contributed by atoms with Crippen LogP contribution in [0.15, 0.2) is 0 Å². The maximum atomic E-state index is 11.7. The second-order valence-corrected chi connectivity index (χ2v) is 5.05. The molecule has 0 aromatic rings. The van der Waals surface area contributed by atoms with E-state index in [1.54, 1.807) is 0 Å². The van der Waals surface area contributed by atoms with Gasteiger partial charge in [0.05, 0.1) is 6.10 Å². The van der Waals surface area contributed by atoms with E-state index in [1.165, 1.54) is 0 Å². The highest BCUT2D eigenvalue weighted by atomic mass is 16.5. The number of carbonyl (C=O) groups excluding carboxylic acids is 1. The molecule has 1 fully saturated rings. The third kappa shape index (κ3) is 2.80. The molecule has 1 heterocycles. The molecule has 2 atom stereocenters. The SMILES string of the molecule is C[C@@H]1CCO[C@H]1CC(=O)C(C)(C)C. The van der Waals surface area contributed by atoms with E-state index in [0.717, 1.165) is 13.0 Å². The first-order chi connectivity index (χ1) is 5.91. The number of hydrogen-bond acceptors (Lipinski definition) is 2. The summed E-state index contributed by atoms with van der Waals surface area (Å²) in [5.74, 6) is 0.859. The number of carbonyl (C=O) groups is 1. The highest BCUT2D eigenvalue weighted by Gasteiger charge is 2.30. The third-order valence-electron chi connectivity index (χ3n) is 2.76. The van der Waals surface area contributed by atoms with Crippen molar-refractivity contribution >= 4 is 5.78 Å². The van der Waals surface area contributed by atoms with Crippen molar-refractivity contribution in [2.75, 3.05) is 6.61 Å². The summed E-state index contributed by atoms with van der Waals surface area (Å²) in [6.45, 7) is 8.88. The minimum Gasteiger partial charge on any atom is -0.377 e. The van der Waals surface area contributed by atoms with E-state index in [9.17, 15) is 4.79 Å². The Kier molecular flexibility index (Phi) is 3.12. The van der Waals surface area contributed by atoms with E-state index in [1.807, 2.05) is 20.8 Å². The lowest BCUT2D eigenvalue weighted by Crippen LogP contribution is -2.27. The minimum atomic E-state index is -0.217. The molecule has 1 rings (SSSR count). The van der Waals surface area contributed by atoms with Gasteiger partial charge in [0.25, 0.3) is 0 Å². The van der Waals surface area contributed by atoms with Crippen molar-refractivity contribution in [2.24, 2.45) is 11.3 Å². The van der Waals surface area contributed by atoms with E-state index in [0.29, 0.717) is 18.1 Å². The van der Waals surface area contributed by atoms with E-state index in [4.69, 9.17) is 4.74 Å². The Bertz CT molecular complexity index is 191. The largest absolute Gasteiger partial charge is 0.377 e. The van der Waals surface area contributed by atoms with Crippen LogP contribution in [0.5, 0.6) is 0 Å². The summed E-state index contributed by atoms with van der Waals surface area (Å²) in [5, 5.41) is 0. The van der Waals surface area contributed by atoms with Crippen molar-refractivity contribution in [3.8, 4) is 0 Å². The highest BCUT2D eigenvalue weighted by molar-refractivity contribution is 5.84. The fraction of sp³-hybridized carbons (Fsp3) is 0.909. The molecule has 13 heavy (non-hydrogen) atoms. The first-order valence-corrected chi connectivity index (χ1v) is 5.06. The van der Waals surface area contributed by atoms with Gasteiger partial charge < -0.3 is 4.74 Å². The van der Waals surface area contributed by atoms with Gasteiger partial charge in [-0.2, -0.15) is 0 Å². The summed E-state index contributed by atoms with van der Waals surface area (Å²) in [5.41, 5.74) is -0.217. The first kappa shape index (κ1) is 10.7. The molecule has 0 aromatic carbocycles. The van der Waals surface area contributed by atoms with Gasteiger partial charge in [-0.3, -0.25) is 4.79 Å². The lowest BCUT2D eigenvalue weighted by Gasteiger charge is -2.20. The summed E-state index contributed by atoms with van der Waals surface area (Å²) < 4.78 is 5.51. The average Bonchev–Trinajstić information content (AvgIpc) is 2.34. The van der Waals surface area contributed by atoms with Crippen molar-refractivity contribution in [3.63, 3.8) is 0 Å². The molecular weight excluding hydrogens is 164 g/mol. The quantitative estimate of drug-likeness (QED) is 0.658. The van der Waals surface area contributed by atoms with Gasteiger partial charge in [-0.1, -0.05) is 27.7 Å². The van der Waals surface area contributed by atoms with Gasteiger partial charge in [-0.15, -0.1) is 0 Å². The number of ketones is 1. The predicted octanol–water partition coefficient (Wildman–Crippen LogP) is 2.42. The molecule has 2 nitrogen and oxygen atoms in total. The van der Waals surface area contributed by atoms with E-state index < -0.39 is 0 Å². The van der Waals surface area contributed by atoms with Gasteiger partial charge in [0.1, 0.15) is 5.78 Å². The zero-order valence-corrected chi connectivity index (χ0v) is 9.09. The molecule has 76 valence electrons. The normalized spacial score (nSPS) is 29.2. The number of hydrogen-bond donors (Lipinski definition) is 0. The molecule has 0 saturated carbocycles.